The summed E-state index contributed by atoms with van der Waals surface area (Å²) in [4.78, 5) is 39.1. The minimum Gasteiger partial charge on any atom is -0.469 e. The van der Waals surface area contributed by atoms with Gasteiger partial charge in [-0.15, -0.1) is 0 Å². The topological polar surface area (TPSA) is 135 Å². The second-order valence-corrected chi connectivity index (χ2v) is 10.0. The quantitative estimate of drug-likeness (QED) is 0.497. The molecule has 0 aliphatic carbocycles. The second-order valence-electron chi connectivity index (χ2n) is 10.0. The number of amides is 3. The molecule has 1 aromatic carbocycles. The normalized spacial score (nSPS) is 18.7. The lowest BCUT2D eigenvalue weighted by molar-refractivity contribution is 0.0541. The maximum atomic E-state index is 15.3. The van der Waals surface area contributed by atoms with E-state index >= 15 is 4.39 Å². The molecule has 2 aliphatic heterocycles. The zero-order chi connectivity index (χ0) is 27.7. The molecule has 0 saturated carbocycles. The molecule has 1 atom stereocenters. The van der Waals surface area contributed by atoms with Gasteiger partial charge in [0.1, 0.15) is 23.2 Å². The monoisotopic (exact) mass is 539 g/mol. The molecule has 206 valence electrons. The summed E-state index contributed by atoms with van der Waals surface area (Å²) in [6.07, 6.45) is 1.30. The van der Waals surface area contributed by atoms with Crippen molar-refractivity contribution in [2.45, 2.75) is 39.3 Å². The van der Waals surface area contributed by atoms with Gasteiger partial charge in [0.25, 0.3) is 5.91 Å². The van der Waals surface area contributed by atoms with Crippen LogP contribution in [0.3, 0.4) is 0 Å². The van der Waals surface area contributed by atoms with Crippen LogP contribution in [-0.4, -0.2) is 76.5 Å². The number of nitrogens with zero attached hydrogens (tertiary/aromatic N) is 5. The molecule has 2 N–H and O–H groups in total. The van der Waals surface area contributed by atoms with E-state index in [1.54, 1.807) is 11.0 Å². The maximum absolute atomic E-state index is 15.3. The lowest BCUT2D eigenvalue weighted by Gasteiger charge is -2.34. The van der Waals surface area contributed by atoms with Crippen molar-refractivity contribution in [1.29, 1.82) is 0 Å². The summed E-state index contributed by atoms with van der Waals surface area (Å²) in [6, 6.07) is 4.95. The molecule has 5 rings (SSSR count). The summed E-state index contributed by atoms with van der Waals surface area (Å²) in [7, 11) is 0. The SMILES string of the molecule is CCN1CC(C)(C)Oc2nc(N3CCOCC3C)nc(-c3ccc(NC(=O)Nc4ccon4)c(F)c3)c2C1=O. The summed E-state index contributed by atoms with van der Waals surface area (Å²) in [5.41, 5.74) is -0.0419. The van der Waals surface area contributed by atoms with E-state index in [0.29, 0.717) is 44.4 Å². The number of aromatic nitrogens is 3. The zero-order valence-corrected chi connectivity index (χ0v) is 22.2. The van der Waals surface area contributed by atoms with Gasteiger partial charge in [-0.1, -0.05) is 11.2 Å². The third-order valence-corrected chi connectivity index (χ3v) is 6.49. The van der Waals surface area contributed by atoms with E-state index in [9.17, 15) is 9.59 Å². The molecule has 3 aromatic rings. The van der Waals surface area contributed by atoms with Gasteiger partial charge in [-0.2, -0.15) is 4.98 Å². The molecule has 4 heterocycles. The molecule has 1 unspecified atom stereocenters. The Balaban J connectivity index is 1.57. The first-order valence-corrected chi connectivity index (χ1v) is 12.7. The largest absolute Gasteiger partial charge is 0.469 e. The number of ether oxygens (including phenoxy) is 2. The van der Waals surface area contributed by atoms with Crippen LogP contribution >= 0.6 is 0 Å². The Kier molecular flexibility index (Phi) is 7.08. The van der Waals surface area contributed by atoms with E-state index in [0.717, 1.165) is 0 Å². The van der Waals surface area contributed by atoms with Gasteiger partial charge < -0.3 is 29.1 Å². The standard InChI is InChI=1S/C26H30FN7O5/c1-5-33-14-26(3,4)39-22-20(23(33)35)21(30-24(31-22)34-9-11-37-13-15(34)2)16-6-7-18(17(27)12-16)28-25(36)29-19-8-10-38-32-19/h6-8,10,12,15H,5,9,11,13-14H2,1-4H3,(H2,28,29,32,36). The van der Waals surface area contributed by atoms with Crippen LogP contribution in [0.5, 0.6) is 5.88 Å². The molecular formula is C26H30FN7O5. The molecule has 1 saturated heterocycles. The number of morpholine rings is 1. The highest BCUT2D eigenvalue weighted by molar-refractivity contribution is 6.03. The molecule has 1 fully saturated rings. The molecule has 13 heteroatoms. The molecule has 2 aliphatic rings. The third-order valence-electron chi connectivity index (χ3n) is 6.49. The van der Waals surface area contributed by atoms with E-state index in [2.05, 4.69) is 25.3 Å². The van der Waals surface area contributed by atoms with E-state index < -0.39 is 17.4 Å². The molecule has 39 heavy (non-hydrogen) atoms. The van der Waals surface area contributed by atoms with E-state index in [1.807, 2.05) is 32.6 Å². The van der Waals surface area contributed by atoms with Crippen molar-refractivity contribution in [3.8, 4) is 17.1 Å². The van der Waals surface area contributed by atoms with Gasteiger partial charge in [0.05, 0.1) is 37.2 Å². The van der Waals surface area contributed by atoms with E-state index in [-0.39, 0.29) is 40.6 Å². The minimum atomic E-state index is -0.717. The molecule has 3 amide bonds. The number of carbonyl (C=O) groups is 2. The lowest BCUT2D eigenvalue weighted by atomic mass is 10.0. The molecular weight excluding hydrogens is 509 g/mol. The van der Waals surface area contributed by atoms with Crippen LogP contribution in [0.4, 0.5) is 26.6 Å². The Morgan fingerprint density at radius 2 is 2.05 bits per heavy atom. The highest BCUT2D eigenvalue weighted by Crippen LogP contribution is 2.37. The Labute approximate surface area is 224 Å². The summed E-state index contributed by atoms with van der Waals surface area (Å²) in [5, 5.41) is 8.47. The molecule has 0 bridgehead atoms. The summed E-state index contributed by atoms with van der Waals surface area (Å²) >= 11 is 0. The average Bonchev–Trinajstić information content (AvgIpc) is 3.37. The predicted octanol–water partition coefficient (Wildman–Crippen LogP) is 3.77. The van der Waals surface area contributed by atoms with Crippen molar-refractivity contribution in [3.63, 3.8) is 0 Å². The van der Waals surface area contributed by atoms with Gasteiger partial charge in [-0.25, -0.2) is 14.2 Å². The molecule has 0 spiro atoms. The fraction of sp³-hybridized carbons (Fsp3) is 0.423. The maximum Gasteiger partial charge on any atom is 0.325 e. The van der Waals surface area contributed by atoms with Crippen LogP contribution in [0.2, 0.25) is 0 Å². The van der Waals surface area contributed by atoms with Crippen LogP contribution in [-0.2, 0) is 4.74 Å². The first-order valence-electron chi connectivity index (χ1n) is 12.7. The van der Waals surface area contributed by atoms with Gasteiger partial charge in [0.2, 0.25) is 11.8 Å². The number of benzene rings is 1. The van der Waals surface area contributed by atoms with Gasteiger partial charge in [0, 0.05) is 24.7 Å². The number of nitrogens with one attached hydrogen (secondary N) is 2. The average molecular weight is 540 g/mol. The third kappa shape index (κ3) is 5.48. The fourth-order valence-corrected chi connectivity index (χ4v) is 4.61. The summed E-state index contributed by atoms with van der Waals surface area (Å²) in [6.45, 7) is 10.00. The Morgan fingerprint density at radius 1 is 1.23 bits per heavy atom. The molecule has 2 aromatic heterocycles. The number of halogens is 1. The number of fused-ring (bicyclic) bond motifs is 1. The van der Waals surface area contributed by atoms with Crippen LogP contribution in [0.25, 0.3) is 11.3 Å². The van der Waals surface area contributed by atoms with Gasteiger partial charge in [0.15, 0.2) is 5.82 Å². The number of rotatable bonds is 5. The smallest absolute Gasteiger partial charge is 0.325 e. The number of hydrogen-bond acceptors (Lipinski definition) is 9. The van der Waals surface area contributed by atoms with Crippen molar-refractivity contribution < 1.29 is 28.0 Å². The fourth-order valence-electron chi connectivity index (χ4n) is 4.61. The van der Waals surface area contributed by atoms with Crippen molar-refractivity contribution in [2.24, 2.45) is 0 Å². The number of hydrogen-bond donors (Lipinski definition) is 2. The van der Waals surface area contributed by atoms with Gasteiger partial charge >= 0.3 is 6.03 Å². The number of anilines is 3. The van der Waals surface area contributed by atoms with Crippen LogP contribution in [0.15, 0.2) is 35.1 Å². The van der Waals surface area contributed by atoms with Gasteiger partial charge in [-0.05, 0) is 39.8 Å². The highest BCUT2D eigenvalue weighted by atomic mass is 19.1. The number of carbonyl (C=O) groups excluding carboxylic acids is 2. The summed E-state index contributed by atoms with van der Waals surface area (Å²) < 4.78 is 31.8. The number of urea groups is 1. The van der Waals surface area contributed by atoms with Crippen molar-refractivity contribution in [2.75, 3.05) is 48.4 Å². The predicted molar refractivity (Wildman–Crippen MR) is 140 cm³/mol. The van der Waals surface area contributed by atoms with Crippen LogP contribution in [0.1, 0.15) is 38.1 Å². The first kappa shape index (κ1) is 26.4. The highest BCUT2D eigenvalue weighted by Gasteiger charge is 2.38. The molecule has 0 radical (unpaired) electrons. The Morgan fingerprint density at radius 3 is 2.74 bits per heavy atom. The second kappa shape index (κ2) is 10.5. The van der Waals surface area contributed by atoms with E-state index in [1.165, 1.54) is 24.5 Å². The van der Waals surface area contributed by atoms with E-state index in [4.69, 9.17) is 14.5 Å². The van der Waals surface area contributed by atoms with Crippen LogP contribution in [0, 0.1) is 5.82 Å². The first-order chi connectivity index (χ1) is 18.6. The van der Waals surface area contributed by atoms with Gasteiger partial charge in [-0.3, -0.25) is 10.1 Å². The zero-order valence-electron chi connectivity index (χ0n) is 22.2. The number of likely N-dealkylation sites (N-methyl/N-ethyl adjacent to an activating group) is 1. The van der Waals surface area contributed by atoms with Crippen molar-refractivity contribution >= 4 is 29.4 Å². The Bertz CT molecular complexity index is 1380. The summed E-state index contributed by atoms with van der Waals surface area (Å²) in [5.74, 6) is -0.327. The minimum absolute atomic E-state index is 0.0159. The Hall–Kier alpha value is -4.26. The lowest BCUT2D eigenvalue weighted by Crippen LogP contribution is -2.44. The van der Waals surface area contributed by atoms with Crippen molar-refractivity contribution in [1.82, 2.24) is 20.0 Å². The van der Waals surface area contributed by atoms with Crippen LogP contribution < -0.4 is 20.3 Å². The molecule has 12 nitrogen and oxygen atoms in total. The van der Waals surface area contributed by atoms with Crippen molar-refractivity contribution in [3.05, 3.63) is 41.9 Å².